The highest BCUT2D eigenvalue weighted by Crippen LogP contribution is 2.02. The summed E-state index contributed by atoms with van der Waals surface area (Å²) in [4.78, 5) is 26.9. The molecule has 1 aromatic carbocycles. The van der Waals surface area contributed by atoms with Crippen LogP contribution in [-0.4, -0.2) is 62.1 Å². The molecule has 7 nitrogen and oxygen atoms in total. The Morgan fingerprint density at radius 2 is 1.86 bits per heavy atom. The largest absolute Gasteiger partial charge is 0.354 e. The van der Waals surface area contributed by atoms with Crippen LogP contribution in [0.15, 0.2) is 24.3 Å². The van der Waals surface area contributed by atoms with E-state index < -0.39 is 12.1 Å². The van der Waals surface area contributed by atoms with Crippen LogP contribution in [0.1, 0.15) is 31.7 Å². The number of hydrogen-bond acceptors (Lipinski definition) is 4. The van der Waals surface area contributed by atoms with Crippen molar-refractivity contribution in [3.8, 4) is 0 Å². The predicted molar refractivity (Wildman–Crippen MR) is 115 cm³/mol. The zero-order valence-electron chi connectivity index (χ0n) is 17.0. The Balaban J connectivity index is 0.00000420. The van der Waals surface area contributed by atoms with Crippen LogP contribution in [-0.2, 0) is 11.3 Å². The van der Waals surface area contributed by atoms with Gasteiger partial charge in [-0.15, -0.1) is 12.4 Å². The van der Waals surface area contributed by atoms with Crippen LogP contribution in [0.4, 0.5) is 9.18 Å². The van der Waals surface area contributed by atoms with E-state index in [0.717, 1.165) is 51.1 Å². The van der Waals surface area contributed by atoms with Gasteiger partial charge in [0.2, 0.25) is 5.91 Å². The summed E-state index contributed by atoms with van der Waals surface area (Å²) >= 11 is 0. The van der Waals surface area contributed by atoms with Gasteiger partial charge < -0.3 is 26.2 Å². The van der Waals surface area contributed by atoms with Gasteiger partial charge in [0, 0.05) is 39.3 Å². The summed E-state index contributed by atoms with van der Waals surface area (Å²) in [5, 5.41) is 11.7. The zero-order chi connectivity index (χ0) is 20.2. The van der Waals surface area contributed by atoms with Crippen molar-refractivity contribution in [3.05, 3.63) is 35.6 Å². The van der Waals surface area contributed by atoms with Gasteiger partial charge in [-0.3, -0.25) is 4.79 Å². The maximum absolute atomic E-state index is 12.9. The monoisotopic (exact) mass is 429 g/mol. The Bertz CT molecular complexity index is 611. The Morgan fingerprint density at radius 3 is 2.52 bits per heavy atom. The van der Waals surface area contributed by atoms with E-state index in [-0.39, 0.29) is 30.7 Å². The minimum absolute atomic E-state index is 0. The topological polar surface area (TPSA) is 85.5 Å². The van der Waals surface area contributed by atoms with Gasteiger partial charge in [0.25, 0.3) is 0 Å². The van der Waals surface area contributed by atoms with E-state index in [1.54, 1.807) is 12.1 Å². The number of carbonyl (C=O) groups excluding carboxylic acids is 2. The van der Waals surface area contributed by atoms with Gasteiger partial charge in [-0.2, -0.15) is 0 Å². The van der Waals surface area contributed by atoms with Crippen molar-refractivity contribution in [1.29, 1.82) is 0 Å². The van der Waals surface area contributed by atoms with Gasteiger partial charge in [0.05, 0.1) is 0 Å². The number of amides is 3. The minimum Gasteiger partial charge on any atom is -0.354 e. The molecule has 0 aliphatic carbocycles. The Kier molecular flexibility index (Phi) is 12.3. The van der Waals surface area contributed by atoms with Gasteiger partial charge in [-0.05, 0) is 37.1 Å². The Morgan fingerprint density at radius 1 is 1.17 bits per heavy atom. The van der Waals surface area contributed by atoms with E-state index in [1.807, 2.05) is 6.92 Å². The van der Waals surface area contributed by atoms with Crippen molar-refractivity contribution in [2.45, 2.75) is 38.8 Å². The number of hydrogen-bond donors (Lipinski definition) is 4. The van der Waals surface area contributed by atoms with E-state index in [1.165, 1.54) is 12.1 Å². The van der Waals surface area contributed by atoms with E-state index in [0.29, 0.717) is 13.0 Å². The van der Waals surface area contributed by atoms with Crippen molar-refractivity contribution in [1.82, 2.24) is 26.2 Å². The van der Waals surface area contributed by atoms with E-state index in [4.69, 9.17) is 0 Å². The van der Waals surface area contributed by atoms with Gasteiger partial charge in [0.1, 0.15) is 11.9 Å². The first-order chi connectivity index (χ1) is 13.6. The number of carbonyl (C=O) groups is 2. The molecular formula is C20H33ClFN5O2. The lowest BCUT2D eigenvalue weighted by Crippen LogP contribution is -2.50. The molecule has 4 N–H and O–H groups in total. The first-order valence-corrected chi connectivity index (χ1v) is 10.1. The van der Waals surface area contributed by atoms with E-state index >= 15 is 0 Å². The highest BCUT2D eigenvalue weighted by Gasteiger charge is 2.19. The van der Waals surface area contributed by atoms with Gasteiger partial charge >= 0.3 is 6.03 Å². The van der Waals surface area contributed by atoms with Crippen molar-refractivity contribution in [3.63, 3.8) is 0 Å². The minimum atomic E-state index is -0.558. The molecule has 164 valence electrons. The van der Waals surface area contributed by atoms with Gasteiger partial charge in [-0.25, -0.2) is 9.18 Å². The molecule has 0 bridgehead atoms. The number of rotatable bonds is 10. The van der Waals surface area contributed by atoms with Crippen molar-refractivity contribution >= 4 is 24.3 Å². The highest BCUT2D eigenvalue weighted by molar-refractivity contribution is 5.87. The second kappa shape index (κ2) is 14.1. The van der Waals surface area contributed by atoms with E-state index in [2.05, 4.69) is 26.2 Å². The Hall–Kier alpha value is -1.90. The quantitative estimate of drug-likeness (QED) is 0.426. The highest BCUT2D eigenvalue weighted by atomic mass is 35.5. The number of nitrogens with zero attached hydrogens (tertiary/aromatic N) is 1. The molecule has 29 heavy (non-hydrogen) atoms. The lowest BCUT2D eigenvalue weighted by molar-refractivity contribution is -0.123. The van der Waals surface area contributed by atoms with Crippen molar-refractivity contribution in [2.24, 2.45) is 0 Å². The predicted octanol–water partition coefficient (Wildman–Crippen LogP) is 1.63. The SMILES string of the molecule is CCCC(NC(=O)NCc1ccc(F)cc1)C(=O)NCCCN1CCNCC1.Cl. The summed E-state index contributed by atoms with van der Waals surface area (Å²) in [5.74, 6) is -0.469. The molecule has 0 aromatic heterocycles. The average Bonchev–Trinajstić information content (AvgIpc) is 2.71. The maximum Gasteiger partial charge on any atom is 0.315 e. The Labute approximate surface area is 178 Å². The van der Waals surface area contributed by atoms with Crippen LogP contribution in [0.3, 0.4) is 0 Å². The van der Waals surface area contributed by atoms with E-state index in [9.17, 15) is 14.0 Å². The van der Waals surface area contributed by atoms with Crippen molar-refractivity contribution < 1.29 is 14.0 Å². The molecule has 1 aliphatic rings. The number of halogens is 2. The summed E-state index contributed by atoms with van der Waals surface area (Å²) < 4.78 is 12.9. The molecule has 0 spiro atoms. The van der Waals surface area contributed by atoms with Crippen LogP contribution >= 0.6 is 12.4 Å². The molecule has 1 saturated heterocycles. The van der Waals surface area contributed by atoms with Gasteiger partial charge in [0.15, 0.2) is 0 Å². The van der Waals surface area contributed by atoms with Crippen LogP contribution in [0.5, 0.6) is 0 Å². The molecule has 1 aromatic rings. The molecule has 0 radical (unpaired) electrons. The van der Waals surface area contributed by atoms with Gasteiger partial charge in [-0.1, -0.05) is 25.5 Å². The maximum atomic E-state index is 12.9. The zero-order valence-corrected chi connectivity index (χ0v) is 17.8. The molecule has 1 fully saturated rings. The average molecular weight is 430 g/mol. The molecule has 1 unspecified atom stereocenters. The third kappa shape index (κ3) is 9.92. The summed E-state index contributed by atoms with van der Waals surface area (Å²) in [6.07, 6.45) is 2.26. The summed E-state index contributed by atoms with van der Waals surface area (Å²) in [6.45, 7) is 7.93. The smallest absolute Gasteiger partial charge is 0.315 e. The molecule has 1 aliphatic heterocycles. The molecule has 1 heterocycles. The fourth-order valence-electron chi connectivity index (χ4n) is 3.12. The number of benzene rings is 1. The van der Waals surface area contributed by atoms with Crippen LogP contribution in [0, 0.1) is 5.82 Å². The molecule has 0 saturated carbocycles. The van der Waals surface area contributed by atoms with Crippen LogP contribution in [0.2, 0.25) is 0 Å². The second-order valence-corrected chi connectivity index (χ2v) is 7.03. The fraction of sp³-hybridized carbons (Fsp3) is 0.600. The first kappa shape index (κ1) is 25.1. The summed E-state index contributed by atoms with van der Waals surface area (Å²) in [5.41, 5.74) is 0.793. The lowest BCUT2D eigenvalue weighted by Gasteiger charge is -2.27. The first-order valence-electron chi connectivity index (χ1n) is 10.1. The standard InChI is InChI=1S/C20H32FN5O2.ClH/c1-2-4-18(19(27)23-9-3-12-26-13-10-22-11-14-26)25-20(28)24-15-16-5-7-17(21)8-6-16;/h5-8,18,22H,2-4,9-15H2,1H3,(H,23,27)(H2,24,25,28);1H. The third-order valence-corrected chi connectivity index (χ3v) is 4.73. The van der Waals surface area contributed by atoms with Crippen LogP contribution in [0.25, 0.3) is 0 Å². The molecule has 3 amide bonds. The number of urea groups is 1. The summed E-state index contributed by atoms with van der Waals surface area (Å²) in [7, 11) is 0. The second-order valence-electron chi connectivity index (χ2n) is 7.03. The third-order valence-electron chi connectivity index (χ3n) is 4.73. The summed E-state index contributed by atoms with van der Waals surface area (Å²) in [6, 6.07) is 4.97. The van der Waals surface area contributed by atoms with Crippen LogP contribution < -0.4 is 21.3 Å². The fourth-order valence-corrected chi connectivity index (χ4v) is 3.12. The number of piperazine rings is 1. The number of nitrogens with one attached hydrogen (secondary N) is 4. The normalized spacial score (nSPS) is 15.1. The lowest BCUT2D eigenvalue weighted by atomic mass is 10.1. The molecular weight excluding hydrogens is 397 g/mol. The molecule has 9 heteroatoms. The van der Waals surface area contributed by atoms with Crippen molar-refractivity contribution in [2.75, 3.05) is 39.3 Å². The molecule has 1 atom stereocenters. The molecule has 2 rings (SSSR count).